The van der Waals surface area contributed by atoms with E-state index in [0.717, 1.165) is 55.6 Å². The number of aromatic nitrogens is 5. The lowest BCUT2D eigenvalue weighted by molar-refractivity contribution is 0.460. The summed E-state index contributed by atoms with van der Waals surface area (Å²) < 4.78 is 14.4. The topological polar surface area (TPSA) is 75.0 Å². The molecule has 0 aliphatic rings. The van der Waals surface area contributed by atoms with E-state index in [1.54, 1.807) is 24.8 Å². The molecule has 8 aromatic rings. The third kappa shape index (κ3) is 6.08. The number of rotatable bonds is 9. The first-order chi connectivity index (χ1) is 24.8. The van der Waals surface area contributed by atoms with Gasteiger partial charge in [-0.05, 0) is 76.9 Å². The molecule has 0 aliphatic heterocycles. The Hall–Kier alpha value is -6.34. The molecule has 0 radical (unpaired) electrons. The van der Waals surface area contributed by atoms with E-state index in [1.807, 2.05) is 66.7 Å². The van der Waals surface area contributed by atoms with Crippen molar-refractivity contribution in [3.8, 4) is 29.2 Å². The average Bonchev–Trinajstić information content (AvgIpc) is 3.49. The van der Waals surface area contributed by atoms with Gasteiger partial charge in [0.25, 0.3) is 0 Å². The van der Waals surface area contributed by atoms with Crippen LogP contribution in [0.2, 0.25) is 0 Å². The Labute approximate surface area is 297 Å². The van der Waals surface area contributed by atoms with Crippen molar-refractivity contribution in [2.45, 2.75) is 38.5 Å². The van der Waals surface area contributed by atoms with Gasteiger partial charge < -0.3 is 9.47 Å². The van der Waals surface area contributed by atoms with Crippen molar-refractivity contribution in [3.05, 3.63) is 174 Å². The predicted octanol–water partition coefficient (Wildman–Crippen LogP) is 10.6. The van der Waals surface area contributed by atoms with Crippen molar-refractivity contribution in [1.82, 2.24) is 24.5 Å². The molecule has 0 fully saturated rings. The van der Waals surface area contributed by atoms with Crippen molar-refractivity contribution >= 4 is 21.8 Å². The molecule has 250 valence electrons. The lowest BCUT2D eigenvalue weighted by Gasteiger charge is -2.27. The van der Waals surface area contributed by atoms with E-state index >= 15 is 0 Å². The number of fused-ring (bicyclic) bond motifs is 3. The van der Waals surface area contributed by atoms with Gasteiger partial charge in [-0.2, -0.15) is 0 Å². The Kier molecular flexibility index (Phi) is 8.03. The molecule has 7 heteroatoms. The second kappa shape index (κ2) is 12.8. The third-order valence-electron chi connectivity index (χ3n) is 9.79. The number of ether oxygens (including phenoxy) is 2. The summed E-state index contributed by atoms with van der Waals surface area (Å²) in [5.41, 5.74) is 5.99. The molecular formula is C44H37N5O2. The maximum Gasteiger partial charge on any atom is 0.234 e. The molecule has 0 N–H and O–H groups in total. The normalized spacial score (nSPS) is 11.9. The van der Waals surface area contributed by atoms with Crippen LogP contribution >= 0.6 is 0 Å². The fourth-order valence-corrected chi connectivity index (χ4v) is 6.70. The molecular weight excluding hydrogens is 631 g/mol. The molecule has 7 nitrogen and oxygen atoms in total. The molecule has 0 unspecified atom stereocenters. The molecule has 0 atom stereocenters. The quantitative estimate of drug-likeness (QED) is 0.152. The van der Waals surface area contributed by atoms with Crippen molar-refractivity contribution in [3.63, 3.8) is 0 Å². The summed E-state index contributed by atoms with van der Waals surface area (Å²) in [4.78, 5) is 18.1. The number of benzene rings is 4. The van der Waals surface area contributed by atoms with Crippen LogP contribution in [0, 0.1) is 0 Å². The van der Waals surface area contributed by atoms with Crippen LogP contribution in [0.1, 0.15) is 49.9 Å². The highest BCUT2D eigenvalue weighted by atomic mass is 16.5. The first-order valence-electron chi connectivity index (χ1n) is 17.0. The summed E-state index contributed by atoms with van der Waals surface area (Å²) in [6.07, 6.45) is 7.05. The van der Waals surface area contributed by atoms with E-state index in [4.69, 9.17) is 19.4 Å². The van der Waals surface area contributed by atoms with E-state index in [1.165, 1.54) is 0 Å². The molecule has 0 amide bonds. The van der Waals surface area contributed by atoms with Crippen LogP contribution in [0.3, 0.4) is 0 Å². The largest absolute Gasteiger partial charge is 0.439 e. The molecule has 8 rings (SSSR count). The summed E-state index contributed by atoms with van der Waals surface area (Å²) in [6, 6.07) is 43.1. The van der Waals surface area contributed by atoms with Gasteiger partial charge in [-0.3, -0.25) is 4.57 Å². The predicted molar refractivity (Wildman–Crippen MR) is 202 cm³/mol. The molecule has 0 aliphatic carbocycles. The second-order valence-electron chi connectivity index (χ2n) is 13.7. The van der Waals surface area contributed by atoms with Crippen LogP contribution in [0.15, 0.2) is 152 Å². The van der Waals surface area contributed by atoms with Crippen molar-refractivity contribution in [1.29, 1.82) is 0 Å². The smallest absolute Gasteiger partial charge is 0.234 e. The third-order valence-corrected chi connectivity index (χ3v) is 9.79. The van der Waals surface area contributed by atoms with Crippen LogP contribution in [0.4, 0.5) is 0 Å². The van der Waals surface area contributed by atoms with Crippen molar-refractivity contribution in [2.75, 3.05) is 0 Å². The zero-order valence-corrected chi connectivity index (χ0v) is 29.0. The highest BCUT2D eigenvalue weighted by Crippen LogP contribution is 2.41. The minimum absolute atomic E-state index is 0.341. The van der Waals surface area contributed by atoms with Gasteiger partial charge >= 0.3 is 0 Å². The highest BCUT2D eigenvalue weighted by molar-refractivity contribution is 6.09. The molecule has 0 bridgehead atoms. The summed E-state index contributed by atoms with van der Waals surface area (Å²) in [5.74, 6) is 3.25. The van der Waals surface area contributed by atoms with Gasteiger partial charge in [0, 0.05) is 58.5 Å². The molecule has 0 saturated heterocycles. The fraction of sp³-hybridized carbons (Fsp3) is 0.136. The van der Waals surface area contributed by atoms with Gasteiger partial charge in [0.2, 0.25) is 17.7 Å². The maximum atomic E-state index is 6.10. The molecule has 4 aromatic heterocycles. The van der Waals surface area contributed by atoms with Gasteiger partial charge in [0.1, 0.15) is 11.5 Å². The van der Waals surface area contributed by atoms with Crippen LogP contribution in [0.5, 0.6) is 23.3 Å². The summed E-state index contributed by atoms with van der Waals surface area (Å²) >= 11 is 0. The average molecular weight is 668 g/mol. The SMILES string of the molecule is CC(C)(c1cccc(Oc2ccccn2)c1)c1ccc2c3ccc(C(C)(C)c4cccc(Oc5ccccn5)c4)cc3n(-c3ncccn3)c2c1. The van der Waals surface area contributed by atoms with Gasteiger partial charge in [-0.15, -0.1) is 0 Å². The van der Waals surface area contributed by atoms with Crippen LogP contribution in [-0.4, -0.2) is 24.5 Å². The lowest BCUT2D eigenvalue weighted by Crippen LogP contribution is -2.19. The Bertz CT molecular complexity index is 2320. The van der Waals surface area contributed by atoms with Crippen LogP contribution in [0.25, 0.3) is 27.8 Å². The van der Waals surface area contributed by atoms with Crippen LogP contribution < -0.4 is 9.47 Å². The monoisotopic (exact) mass is 667 g/mol. The Morgan fingerprint density at radius 2 is 0.882 bits per heavy atom. The van der Waals surface area contributed by atoms with Gasteiger partial charge in [-0.25, -0.2) is 19.9 Å². The Balaban J connectivity index is 1.22. The molecule has 0 spiro atoms. The lowest BCUT2D eigenvalue weighted by atomic mass is 9.77. The molecule has 51 heavy (non-hydrogen) atoms. The summed E-state index contributed by atoms with van der Waals surface area (Å²) in [6.45, 7) is 8.97. The Morgan fingerprint density at radius 1 is 0.431 bits per heavy atom. The first kappa shape index (κ1) is 31.9. The molecule has 4 heterocycles. The summed E-state index contributed by atoms with van der Waals surface area (Å²) in [7, 11) is 0. The van der Waals surface area contributed by atoms with E-state index < -0.39 is 0 Å². The Morgan fingerprint density at radius 3 is 1.33 bits per heavy atom. The summed E-state index contributed by atoms with van der Waals surface area (Å²) in [5, 5.41) is 2.28. The van der Waals surface area contributed by atoms with Gasteiger partial charge in [0.15, 0.2) is 0 Å². The standard InChI is InChI=1S/C44H37N5O2/c1-43(2,30-12-9-14-34(26-30)50-40-16-5-7-22-45-40)32-18-20-36-37-21-19-33(29-39(37)49(38(36)28-32)42-47-24-11-25-48-42)44(3,4)31-13-10-15-35(27-31)51-41-17-6-8-23-46-41/h5-29H,1-4H3. The zero-order valence-electron chi connectivity index (χ0n) is 29.0. The van der Waals surface area contributed by atoms with Crippen LogP contribution in [-0.2, 0) is 10.8 Å². The minimum Gasteiger partial charge on any atom is -0.439 e. The molecule has 4 aromatic carbocycles. The van der Waals surface area contributed by atoms with E-state index in [0.29, 0.717) is 17.7 Å². The fourth-order valence-electron chi connectivity index (χ4n) is 6.70. The van der Waals surface area contributed by atoms with E-state index in [2.05, 4.69) is 103 Å². The number of pyridine rings is 2. The van der Waals surface area contributed by atoms with Gasteiger partial charge in [0.05, 0.1) is 11.0 Å². The second-order valence-corrected chi connectivity index (χ2v) is 13.7. The number of hydrogen-bond donors (Lipinski definition) is 0. The first-order valence-corrected chi connectivity index (χ1v) is 17.0. The zero-order chi connectivity index (χ0) is 35.0. The highest BCUT2D eigenvalue weighted by Gasteiger charge is 2.28. The number of hydrogen-bond acceptors (Lipinski definition) is 6. The van der Waals surface area contributed by atoms with Crippen molar-refractivity contribution in [2.24, 2.45) is 0 Å². The molecule has 0 saturated carbocycles. The van der Waals surface area contributed by atoms with Crippen molar-refractivity contribution < 1.29 is 9.47 Å². The minimum atomic E-state index is -0.341. The number of nitrogens with zero attached hydrogens (tertiary/aromatic N) is 5. The van der Waals surface area contributed by atoms with E-state index in [9.17, 15) is 0 Å². The van der Waals surface area contributed by atoms with Gasteiger partial charge in [-0.1, -0.05) is 88.4 Å². The van der Waals surface area contributed by atoms with E-state index in [-0.39, 0.29) is 10.8 Å². The maximum absolute atomic E-state index is 6.10.